The second kappa shape index (κ2) is 8.44. The van der Waals surface area contributed by atoms with Crippen molar-refractivity contribution in [2.24, 2.45) is 0 Å². The third-order valence-electron chi connectivity index (χ3n) is 3.97. The molecule has 1 N–H and O–H groups in total. The summed E-state index contributed by atoms with van der Waals surface area (Å²) < 4.78 is 0. The molecule has 0 aliphatic heterocycles. The highest BCUT2D eigenvalue weighted by molar-refractivity contribution is 5.95. The number of hydrogen-bond donors (Lipinski definition) is 1. The van der Waals surface area contributed by atoms with E-state index in [-0.39, 0.29) is 11.8 Å². The summed E-state index contributed by atoms with van der Waals surface area (Å²) >= 11 is 0. The fourth-order valence-corrected chi connectivity index (χ4v) is 2.33. The van der Waals surface area contributed by atoms with Crippen molar-refractivity contribution in [2.75, 3.05) is 39.5 Å². The van der Waals surface area contributed by atoms with Crippen molar-refractivity contribution in [1.29, 1.82) is 0 Å². The zero-order valence-corrected chi connectivity index (χ0v) is 15.2. The SMILES string of the molecule is CC(=O)c1cccc(-c2ccc(NC(=O)N(C)CCN(C)C)cc2)c1. The van der Waals surface area contributed by atoms with Crippen LogP contribution in [-0.4, -0.2) is 55.8 Å². The molecule has 0 saturated heterocycles. The maximum atomic E-state index is 12.2. The number of hydrogen-bond acceptors (Lipinski definition) is 3. The van der Waals surface area contributed by atoms with E-state index >= 15 is 0 Å². The Balaban J connectivity index is 2.03. The first kappa shape index (κ1) is 18.7. The Morgan fingerprint density at radius 1 is 0.920 bits per heavy atom. The zero-order valence-electron chi connectivity index (χ0n) is 15.2. The van der Waals surface area contributed by atoms with Gasteiger partial charge in [-0.25, -0.2) is 4.79 Å². The second-order valence-electron chi connectivity index (χ2n) is 6.37. The largest absolute Gasteiger partial charge is 0.326 e. The molecule has 25 heavy (non-hydrogen) atoms. The second-order valence-corrected chi connectivity index (χ2v) is 6.37. The Kier molecular flexibility index (Phi) is 6.31. The third-order valence-corrected chi connectivity index (χ3v) is 3.97. The average Bonchev–Trinajstić information content (AvgIpc) is 2.60. The molecule has 0 spiro atoms. The molecule has 0 aromatic heterocycles. The van der Waals surface area contributed by atoms with E-state index in [1.165, 1.54) is 0 Å². The number of nitrogens with one attached hydrogen (secondary N) is 1. The molecule has 0 bridgehead atoms. The van der Waals surface area contributed by atoms with Crippen LogP contribution in [0.25, 0.3) is 11.1 Å². The highest BCUT2D eigenvalue weighted by Gasteiger charge is 2.09. The number of urea groups is 1. The van der Waals surface area contributed by atoms with E-state index in [9.17, 15) is 9.59 Å². The van der Waals surface area contributed by atoms with Crippen LogP contribution in [0.1, 0.15) is 17.3 Å². The summed E-state index contributed by atoms with van der Waals surface area (Å²) in [5, 5.41) is 2.89. The monoisotopic (exact) mass is 339 g/mol. The van der Waals surface area contributed by atoms with Gasteiger partial charge in [-0.2, -0.15) is 0 Å². The summed E-state index contributed by atoms with van der Waals surface area (Å²) in [6.45, 7) is 3.04. The summed E-state index contributed by atoms with van der Waals surface area (Å²) in [7, 11) is 5.73. The predicted octanol–water partition coefficient (Wildman–Crippen LogP) is 3.58. The number of amides is 2. The van der Waals surface area contributed by atoms with Crippen LogP contribution in [0.3, 0.4) is 0 Å². The molecule has 132 valence electrons. The van der Waals surface area contributed by atoms with Gasteiger partial charge in [-0.3, -0.25) is 4.79 Å². The van der Waals surface area contributed by atoms with Gasteiger partial charge in [-0.1, -0.05) is 30.3 Å². The van der Waals surface area contributed by atoms with Crippen LogP contribution in [0.4, 0.5) is 10.5 Å². The number of benzene rings is 2. The van der Waals surface area contributed by atoms with Gasteiger partial charge in [-0.15, -0.1) is 0 Å². The summed E-state index contributed by atoms with van der Waals surface area (Å²) in [5.74, 6) is 0.0477. The summed E-state index contributed by atoms with van der Waals surface area (Å²) in [6, 6.07) is 15.0. The highest BCUT2D eigenvalue weighted by Crippen LogP contribution is 2.22. The number of anilines is 1. The first-order valence-electron chi connectivity index (χ1n) is 8.25. The highest BCUT2D eigenvalue weighted by atomic mass is 16.2. The maximum absolute atomic E-state index is 12.2. The molecule has 2 amide bonds. The molecule has 0 aliphatic rings. The number of rotatable bonds is 6. The van der Waals surface area contributed by atoms with Crippen molar-refractivity contribution in [3.8, 4) is 11.1 Å². The van der Waals surface area contributed by atoms with E-state index in [1.54, 1.807) is 18.9 Å². The summed E-state index contributed by atoms with van der Waals surface area (Å²) in [6.07, 6.45) is 0. The van der Waals surface area contributed by atoms with Crippen molar-refractivity contribution in [2.45, 2.75) is 6.92 Å². The quantitative estimate of drug-likeness (QED) is 0.819. The predicted molar refractivity (Wildman–Crippen MR) is 102 cm³/mol. The Bertz CT molecular complexity index is 739. The molecule has 0 fully saturated rings. The normalized spacial score (nSPS) is 10.6. The Hall–Kier alpha value is -2.66. The minimum absolute atomic E-state index is 0.0477. The lowest BCUT2D eigenvalue weighted by Crippen LogP contribution is -2.36. The molecule has 0 aliphatic carbocycles. The minimum atomic E-state index is -0.131. The van der Waals surface area contributed by atoms with Gasteiger partial charge in [0.25, 0.3) is 0 Å². The molecule has 0 atom stereocenters. The molecule has 0 unspecified atom stereocenters. The number of carbonyl (C=O) groups is 2. The Labute approximate surface area is 149 Å². The van der Waals surface area contributed by atoms with Gasteiger partial charge in [0.05, 0.1) is 0 Å². The minimum Gasteiger partial charge on any atom is -0.326 e. The molecule has 2 aromatic carbocycles. The van der Waals surface area contributed by atoms with Crippen molar-refractivity contribution < 1.29 is 9.59 Å². The average molecular weight is 339 g/mol. The van der Waals surface area contributed by atoms with Gasteiger partial charge in [0.1, 0.15) is 0 Å². The van der Waals surface area contributed by atoms with Crippen LogP contribution in [0.5, 0.6) is 0 Å². The number of carbonyl (C=O) groups excluding carboxylic acids is 2. The molecule has 2 aromatic rings. The van der Waals surface area contributed by atoms with Gasteiger partial charge < -0.3 is 15.1 Å². The van der Waals surface area contributed by atoms with Gasteiger partial charge >= 0.3 is 6.03 Å². The van der Waals surface area contributed by atoms with Gasteiger partial charge in [0.15, 0.2) is 5.78 Å². The molecular weight excluding hydrogens is 314 g/mol. The number of nitrogens with zero attached hydrogens (tertiary/aromatic N) is 2. The van der Waals surface area contributed by atoms with Crippen LogP contribution in [0.15, 0.2) is 48.5 Å². The van der Waals surface area contributed by atoms with E-state index in [1.807, 2.05) is 67.5 Å². The van der Waals surface area contributed by atoms with E-state index in [0.29, 0.717) is 12.1 Å². The van der Waals surface area contributed by atoms with Crippen molar-refractivity contribution in [3.63, 3.8) is 0 Å². The topological polar surface area (TPSA) is 52.7 Å². The first-order valence-corrected chi connectivity index (χ1v) is 8.25. The van der Waals surface area contributed by atoms with Crippen LogP contribution < -0.4 is 5.32 Å². The van der Waals surface area contributed by atoms with Gasteiger partial charge in [-0.05, 0) is 50.3 Å². The third kappa shape index (κ3) is 5.43. The Morgan fingerprint density at radius 3 is 2.20 bits per heavy atom. The van der Waals surface area contributed by atoms with E-state index < -0.39 is 0 Å². The molecule has 0 radical (unpaired) electrons. The number of ketones is 1. The van der Waals surface area contributed by atoms with Crippen LogP contribution in [0, 0.1) is 0 Å². The van der Waals surface area contributed by atoms with Gasteiger partial charge in [0.2, 0.25) is 0 Å². The Morgan fingerprint density at radius 2 is 1.60 bits per heavy atom. The summed E-state index contributed by atoms with van der Waals surface area (Å²) in [4.78, 5) is 27.4. The lowest BCUT2D eigenvalue weighted by atomic mass is 10.0. The number of likely N-dealkylation sites (N-methyl/N-ethyl adjacent to an activating group) is 2. The van der Waals surface area contributed by atoms with Crippen LogP contribution in [-0.2, 0) is 0 Å². The maximum Gasteiger partial charge on any atom is 0.321 e. The first-order chi connectivity index (χ1) is 11.9. The molecule has 0 heterocycles. The van der Waals surface area contributed by atoms with Crippen molar-refractivity contribution in [3.05, 3.63) is 54.1 Å². The summed E-state index contributed by atoms with van der Waals surface area (Å²) in [5.41, 5.74) is 3.42. The van der Waals surface area contributed by atoms with Gasteiger partial charge in [0, 0.05) is 31.4 Å². The molecule has 5 heteroatoms. The molecule has 2 rings (SSSR count). The number of Topliss-reactive ketones (excluding diaryl/α,β-unsaturated/α-hetero) is 1. The van der Waals surface area contributed by atoms with E-state index in [2.05, 4.69) is 5.32 Å². The fourth-order valence-electron chi connectivity index (χ4n) is 2.33. The van der Waals surface area contributed by atoms with Crippen molar-refractivity contribution in [1.82, 2.24) is 9.80 Å². The van der Waals surface area contributed by atoms with Crippen LogP contribution in [0.2, 0.25) is 0 Å². The van der Waals surface area contributed by atoms with Crippen LogP contribution >= 0.6 is 0 Å². The molecule has 5 nitrogen and oxygen atoms in total. The van der Waals surface area contributed by atoms with Crippen molar-refractivity contribution >= 4 is 17.5 Å². The lowest BCUT2D eigenvalue weighted by Gasteiger charge is -2.20. The lowest BCUT2D eigenvalue weighted by molar-refractivity contribution is 0.101. The van der Waals surface area contributed by atoms with E-state index in [4.69, 9.17) is 0 Å². The molecule has 0 saturated carbocycles. The molecular formula is C20H25N3O2. The fraction of sp³-hybridized carbons (Fsp3) is 0.300. The zero-order chi connectivity index (χ0) is 18.4. The standard InChI is InChI=1S/C20H25N3O2/c1-15(24)17-6-5-7-18(14-17)16-8-10-19(11-9-16)21-20(25)23(4)13-12-22(2)3/h5-11,14H,12-13H2,1-4H3,(H,21,25). The smallest absolute Gasteiger partial charge is 0.321 e. The van der Waals surface area contributed by atoms with E-state index in [0.717, 1.165) is 23.4 Å².